The molecule has 0 bridgehead atoms. The number of hydrogen-bond donors (Lipinski definition) is 3. The van der Waals surface area contributed by atoms with Gasteiger partial charge >= 0.3 is 0 Å². The largest absolute Gasteiger partial charge is 0.360 e. The molecule has 2 aromatic heterocycles. The van der Waals surface area contributed by atoms with Gasteiger partial charge in [0.15, 0.2) is 0 Å². The number of nitrogens with one attached hydrogen (secondary N) is 2. The Hall–Kier alpha value is -2.73. The van der Waals surface area contributed by atoms with Crippen molar-refractivity contribution < 1.29 is 9.18 Å². The van der Waals surface area contributed by atoms with Crippen LogP contribution in [0.5, 0.6) is 0 Å². The van der Waals surface area contributed by atoms with E-state index in [0.717, 1.165) is 36.6 Å². The number of aromatic amines is 1. The van der Waals surface area contributed by atoms with Gasteiger partial charge in [-0.05, 0) is 55.5 Å². The molecule has 0 spiro atoms. The lowest BCUT2D eigenvalue weighted by Gasteiger charge is -2.26. The van der Waals surface area contributed by atoms with E-state index in [1.807, 2.05) is 18.2 Å². The summed E-state index contributed by atoms with van der Waals surface area (Å²) in [7, 11) is 0. The molecule has 5 nitrogen and oxygen atoms in total. The van der Waals surface area contributed by atoms with Gasteiger partial charge < -0.3 is 16.0 Å². The summed E-state index contributed by atoms with van der Waals surface area (Å²) in [5.41, 5.74) is 8.45. The van der Waals surface area contributed by atoms with Gasteiger partial charge in [-0.3, -0.25) is 4.79 Å². The molecule has 1 fully saturated rings. The summed E-state index contributed by atoms with van der Waals surface area (Å²) in [4.78, 5) is 19.6. The summed E-state index contributed by atoms with van der Waals surface area (Å²) < 4.78 is 14.0. The quantitative estimate of drug-likeness (QED) is 0.632. The molecule has 1 saturated carbocycles. The molecule has 6 heteroatoms. The third-order valence-corrected chi connectivity index (χ3v) is 5.10. The Morgan fingerprint density at radius 2 is 2.04 bits per heavy atom. The van der Waals surface area contributed by atoms with Crippen LogP contribution in [0.3, 0.4) is 0 Å². The molecule has 3 aromatic rings. The maximum atomic E-state index is 14.0. The lowest BCUT2D eigenvalue weighted by Crippen LogP contribution is -2.40. The first kappa shape index (κ1) is 16.7. The van der Waals surface area contributed by atoms with Crippen LogP contribution in [0.15, 0.2) is 42.7 Å². The summed E-state index contributed by atoms with van der Waals surface area (Å²) in [5.74, 6) is -0.632. The van der Waals surface area contributed by atoms with E-state index in [1.165, 1.54) is 6.20 Å². The van der Waals surface area contributed by atoms with Crippen molar-refractivity contribution in [2.24, 2.45) is 5.73 Å². The fourth-order valence-electron chi connectivity index (χ4n) is 3.60. The number of amides is 1. The molecule has 2 heterocycles. The van der Waals surface area contributed by atoms with Gasteiger partial charge in [0, 0.05) is 40.9 Å². The maximum Gasteiger partial charge on any atom is 0.253 e. The average Bonchev–Trinajstić information content (AvgIpc) is 3.07. The van der Waals surface area contributed by atoms with Crippen LogP contribution in [0.2, 0.25) is 0 Å². The van der Waals surface area contributed by atoms with E-state index in [9.17, 15) is 9.18 Å². The van der Waals surface area contributed by atoms with Gasteiger partial charge in [-0.1, -0.05) is 6.07 Å². The Balaban J connectivity index is 1.62. The minimum atomic E-state index is -0.521. The number of rotatable bonds is 3. The van der Waals surface area contributed by atoms with Crippen LogP contribution in [0.4, 0.5) is 4.39 Å². The van der Waals surface area contributed by atoms with Crippen molar-refractivity contribution in [1.29, 1.82) is 0 Å². The van der Waals surface area contributed by atoms with Crippen molar-refractivity contribution in [3.8, 4) is 11.1 Å². The molecule has 1 amide bonds. The zero-order chi connectivity index (χ0) is 18.1. The van der Waals surface area contributed by atoms with Crippen LogP contribution in [-0.4, -0.2) is 28.0 Å². The summed E-state index contributed by atoms with van der Waals surface area (Å²) >= 11 is 0. The van der Waals surface area contributed by atoms with Gasteiger partial charge in [-0.25, -0.2) is 4.98 Å². The molecule has 0 aliphatic heterocycles. The summed E-state index contributed by atoms with van der Waals surface area (Å²) in [6.45, 7) is 0. The number of aromatic nitrogens is 2. The van der Waals surface area contributed by atoms with E-state index in [2.05, 4.69) is 15.3 Å². The van der Waals surface area contributed by atoms with Crippen molar-refractivity contribution in [3.05, 3.63) is 54.2 Å². The molecule has 4 N–H and O–H groups in total. The second kappa shape index (κ2) is 6.88. The Kier molecular flexibility index (Phi) is 4.42. The number of fused-ring (bicyclic) bond motifs is 1. The normalized spacial score (nSPS) is 20.2. The lowest BCUT2D eigenvalue weighted by atomic mass is 9.91. The molecule has 134 valence electrons. The highest BCUT2D eigenvalue weighted by atomic mass is 19.1. The highest BCUT2D eigenvalue weighted by Crippen LogP contribution is 2.28. The molecule has 26 heavy (non-hydrogen) atoms. The van der Waals surface area contributed by atoms with Crippen molar-refractivity contribution >= 4 is 16.8 Å². The predicted octanol–water partition coefficient (Wildman–Crippen LogP) is 3.37. The van der Waals surface area contributed by atoms with E-state index in [0.29, 0.717) is 16.7 Å². The second-order valence-corrected chi connectivity index (χ2v) is 6.89. The van der Waals surface area contributed by atoms with Gasteiger partial charge in [0.25, 0.3) is 5.91 Å². The summed E-state index contributed by atoms with van der Waals surface area (Å²) in [5, 5.41) is 3.88. The highest BCUT2D eigenvalue weighted by molar-refractivity contribution is 6.07. The van der Waals surface area contributed by atoms with Gasteiger partial charge in [-0.2, -0.15) is 4.39 Å². The van der Waals surface area contributed by atoms with Crippen LogP contribution in [-0.2, 0) is 0 Å². The molecule has 1 aliphatic carbocycles. The summed E-state index contributed by atoms with van der Waals surface area (Å²) in [6, 6.07) is 9.29. The van der Waals surface area contributed by atoms with Crippen molar-refractivity contribution in [2.75, 3.05) is 0 Å². The molecular formula is C20H21FN4O. The number of nitrogens with two attached hydrogens (primary N) is 1. The van der Waals surface area contributed by atoms with E-state index in [4.69, 9.17) is 5.73 Å². The number of carbonyl (C=O) groups excluding carboxylic acids is 1. The number of pyridine rings is 1. The molecule has 0 atom stereocenters. The number of benzene rings is 1. The van der Waals surface area contributed by atoms with Crippen LogP contribution in [0.1, 0.15) is 36.0 Å². The van der Waals surface area contributed by atoms with E-state index < -0.39 is 5.95 Å². The zero-order valence-corrected chi connectivity index (χ0v) is 14.3. The molecule has 1 aliphatic rings. The molecule has 4 rings (SSSR count). The predicted molar refractivity (Wildman–Crippen MR) is 99.2 cm³/mol. The first-order chi connectivity index (χ1) is 12.6. The molecular weight excluding hydrogens is 331 g/mol. The molecule has 0 saturated heterocycles. The standard InChI is InChI=1S/C20H21FN4O/c21-19-15(2-1-9-23-19)12-3-8-18-16(10-12)17(11-24-18)20(26)25-14-6-4-13(22)5-7-14/h1-3,8-11,13-14,24H,4-7,22H2,(H,25,26)/t13-,14-. The number of carbonyl (C=O) groups is 1. The topological polar surface area (TPSA) is 83.8 Å². The number of halogens is 1. The summed E-state index contributed by atoms with van der Waals surface area (Å²) in [6.07, 6.45) is 6.80. The van der Waals surface area contributed by atoms with Crippen LogP contribution >= 0.6 is 0 Å². The fourth-order valence-corrected chi connectivity index (χ4v) is 3.60. The van der Waals surface area contributed by atoms with Gasteiger partial charge in [0.1, 0.15) is 0 Å². The Bertz CT molecular complexity index is 944. The van der Waals surface area contributed by atoms with Gasteiger partial charge in [-0.15, -0.1) is 0 Å². The van der Waals surface area contributed by atoms with Crippen molar-refractivity contribution in [2.45, 2.75) is 37.8 Å². The van der Waals surface area contributed by atoms with Crippen LogP contribution in [0.25, 0.3) is 22.0 Å². The molecule has 1 aromatic carbocycles. The van der Waals surface area contributed by atoms with Crippen molar-refractivity contribution in [3.63, 3.8) is 0 Å². The van der Waals surface area contributed by atoms with Gasteiger partial charge in [0.05, 0.1) is 5.56 Å². The molecule has 0 radical (unpaired) electrons. The monoisotopic (exact) mass is 352 g/mol. The Morgan fingerprint density at radius 3 is 2.81 bits per heavy atom. The van der Waals surface area contributed by atoms with E-state index in [-0.39, 0.29) is 18.0 Å². The van der Waals surface area contributed by atoms with E-state index >= 15 is 0 Å². The smallest absolute Gasteiger partial charge is 0.253 e. The zero-order valence-electron chi connectivity index (χ0n) is 14.3. The van der Waals surface area contributed by atoms with Gasteiger partial charge in [0.2, 0.25) is 5.95 Å². The first-order valence-corrected chi connectivity index (χ1v) is 8.90. The number of nitrogens with zero attached hydrogens (tertiary/aromatic N) is 1. The third-order valence-electron chi connectivity index (χ3n) is 5.10. The minimum absolute atomic E-state index is 0.111. The fraction of sp³-hybridized carbons (Fsp3) is 0.300. The lowest BCUT2D eigenvalue weighted by molar-refractivity contribution is 0.0927. The average molecular weight is 352 g/mol. The van der Waals surface area contributed by atoms with Crippen molar-refractivity contribution in [1.82, 2.24) is 15.3 Å². The van der Waals surface area contributed by atoms with Crippen LogP contribution in [0, 0.1) is 5.95 Å². The highest BCUT2D eigenvalue weighted by Gasteiger charge is 2.22. The Morgan fingerprint density at radius 1 is 1.23 bits per heavy atom. The third kappa shape index (κ3) is 3.20. The minimum Gasteiger partial charge on any atom is -0.360 e. The number of H-pyrrole nitrogens is 1. The maximum absolute atomic E-state index is 14.0. The van der Waals surface area contributed by atoms with Crippen LogP contribution < -0.4 is 11.1 Å². The van der Waals surface area contributed by atoms with E-state index in [1.54, 1.807) is 18.3 Å². The molecule has 0 unspecified atom stereocenters. The first-order valence-electron chi connectivity index (χ1n) is 8.90. The SMILES string of the molecule is N[C@H]1CC[C@H](NC(=O)c2c[nH]c3ccc(-c4cccnc4F)cc23)CC1. The number of hydrogen-bond acceptors (Lipinski definition) is 3. The second-order valence-electron chi connectivity index (χ2n) is 6.89. The Labute approximate surface area is 150 Å².